The van der Waals surface area contributed by atoms with Gasteiger partial charge in [-0.15, -0.1) is 0 Å². The van der Waals surface area contributed by atoms with E-state index in [2.05, 4.69) is 12.1 Å². The van der Waals surface area contributed by atoms with Gasteiger partial charge >= 0.3 is 0 Å². The molecule has 0 spiro atoms. The van der Waals surface area contributed by atoms with E-state index in [4.69, 9.17) is 23.7 Å². The minimum atomic E-state index is -1.06. The van der Waals surface area contributed by atoms with Gasteiger partial charge in [-0.3, -0.25) is 0 Å². The normalized spacial score (nSPS) is 22.7. The molecule has 0 amide bonds. The van der Waals surface area contributed by atoms with Crippen molar-refractivity contribution in [2.24, 2.45) is 0 Å². The lowest BCUT2D eigenvalue weighted by molar-refractivity contribution is -0.326. The van der Waals surface area contributed by atoms with E-state index >= 15 is 0 Å². The molecule has 4 aromatic carbocycles. The Morgan fingerprint density at radius 3 is 1.63 bits per heavy atom. The van der Waals surface area contributed by atoms with Gasteiger partial charge in [0.1, 0.15) is 24.4 Å². The molecule has 4 aromatic rings. The number of hydrogen-bond donors (Lipinski definition) is 1. The van der Waals surface area contributed by atoms with Crippen LogP contribution in [0.15, 0.2) is 121 Å². The van der Waals surface area contributed by atoms with E-state index in [1.54, 1.807) is 0 Å². The SMILES string of the molecule is CC(CCc1ccccc1)O[C@H]1O[C@H](COCc2ccccc2)[C@@H](OCc2ccccc2)[C@H](OCc2ccccc2)[C@H]1O. The second-order valence-corrected chi connectivity index (χ2v) is 11.0. The van der Waals surface area contributed by atoms with Crippen LogP contribution in [-0.4, -0.2) is 48.5 Å². The average molecular weight is 583 g/mol. The van der Waals surface area contributed by atoms with E-state index in [9.17, 15) is 5.11 Å². The van der Waals surface area contributed by atoms with E-state index in [1.807, 2.05) is 116 Å². The fourth-order valence-electron chi connectivity index (χ4n) is 5.25. The van der Waals surface area contributed by atoms with Gasteiger partial charge in [0, 0.05) is 0 Å². The van der Waals surface area contributed by atoms with Gasteiger partial charge < -0.3 is 28.8 Å². The largest absolute Gasteiger partial charge is 0.385 e. The molecule has 1 fully saturated rings. The number of rotatable bonds is 15. The van der Waals surface area contributed by atoms with Crippen LogP contribution in [0.1, 0.15) is 35.6 Å². The molecule has 0 radical (unpaired) electrons. The summed E-state index contributed by atoms with van der Waals surface area (Å²) >= 11 is 0. The van der Waals surface area contributed by atoms with Crippen molar-refractivity contribution in [3.05, 3.63) is 144 Å². The molecule has 1 aliphatic heterocycles. The summed E-state index contributed by atoms with van der Waals surface area (Å²) in [5, 5.41) is 11.6. The predicted octanol–water partition coefficient (Wildman–Crippen LogP) is 6.50. The third-order valence-corrected chi connectivity index (χ3v) is 7.63. The highest BCUT2D eigenvalue weighted by molar-refractivity contribution is 5.16. The Morgan fingerprint density at radius 2 is 1.09 bits per heavy atom. The van der Waals surface area contributed by atoms with Crippen LogP contribution < -0.4 is 0 Å². The van der Waals surface area contributed by atoms with Crippen molar-refractivity contribution in [3.63, 3.8) is 0 Å². The van der Waals surface area contributed by atoms with Gasteiger partial charge in [0.15, 0.2) is 6.29 Å². The van der Waals surface area contributed by atoms with Crippen LogP contribution in [0.4, 0.5) is 0 Å². The lowest BCUT2D eigenvalue weighted by Gasteiger charge is -2.44. The van der Waals surface area contributed by atoms with Gasteiger partial charge in [0.2, 0.25) is 0 Å². The van der Waals surface area contributed by atoms with Gasteiger partial charge in [0.05, 0.1) is 32.5 Å². The number of aliphatic hydroxyl groups is 1. The summed E-state index contributed by atoms with van der Waals surface area (Å²) in [6, 6.07) is 40.2. The number of aliphatic hydroxyl groups excluding tert-OH is 1. The fourth-order valence-corrected chi connectivity index (χ4v) is 5.25. The summed E-state index contributed by atoms with van der Waals surface area (Å²) < 4.78 is 31.8. The van der Waals surface area contributed by atoms with Gasteiger partial charge in [0.25, 0.3) is 0 Å². The summed E-state index contributed by atoms with van der Waals surface area (Å²) in [4.78, 5) is 0. The van der Waals surface area contributed by atoms with Crippen LogP contribution in [-0.2, 0) is 49.9 Å². The van der Waals surface area contributed by atoms with Crippen molar-refractivity contribution < 1.29 is 28.8 Å². The van der Waals surface area contributed by atoms with E-state index in [1.165, 1.54) is 5.56 Å². The maximum atomic E-state index is 11.6. The number of hydrogen-bond acceptors (Lipinski definition) is 6. The highest BCUT2D eigenvalue weighted by atomic mass is 16.7. The molecule has 1 unspecified atom stereocenters. The van der Waals surface area contributed by atoms with Crippen molar-refractivity contribution >= 4 is 0 Å². The van der Waals surface area contributed by atoms with Crippen molar-refractivity contribution in [1.82, 2.24) is 0 Å². The van der Waals surface area contributed by atoms with Crippen LogP contribution in [0.25, 0.3) is 0 Å². The molecule has 6 heteroatoms. The minimum Gasteiger partial charge on any atom is -0.385 e. The molecular formula is C37H42O6. The topological polar surface area (TPSA) is 66.4 Å². The molecule has 0 aliphatic carbocycles. The first-order chi connectivity index (χ1) is 21.2. The predicted molar refractivity (Wildman–Crippen MR) is 166 cm³/mol. The Balaban J connectivity index is 1.32. The second-order valence-electron chi connectivity index (χ2n) is 11.0. The first kappa shape index (κ1) is 31.1. The minimum absolute atomic E-state index is 0.151. The first-order valence-electron chi connectivity index (χ1n) is 15.1. The maximum absolute atomic E-state index is 11.6. The monoisotopic (exact) mass is 582 g/mol. The van der Waals surface area contributed by atoms with E-state index < -0.39 is 30.7 Å². The molecule has 0 aromatic heterocycles. The maximum Gasteiger partial charge on any atom is 0.186 e. The van der Waals surface area contributed by atoms with E-state index in [-0.39, 0.29) is 12.7 Å². The Labute approximate surface area is 255 Å². The molecule has 0 bridgehead atoms. The number of ether oxygens (including phenoxy) is 5. The molecule has 1 saturated heterocycles. The molecule has 0 saturated carbocycles. The van der Waals surface area contributed by atoms with Gasteiger partial charge in [-0.25, -0.2) is 0 Å². The highest BCUT2D eigenvalue weighted by Gasteiger charge is 2.48. The Kier molecular flexibility index (Phi) is 11.9. The zero-order chi connectivity index (χ0) is 29.7. The zero-order valence-electron chi connectivity index (χ0n) is 24.7. The lowest BCUT2D eigenvalue weighted by Crippen LogP contribution is -2.61. The second kappa shape index (κ2) is 16.5. The molecule has 5 rings (SSSR count). The first-order valence-corrected chi connectivity index (χ1v) is 15.1. The Hall–Kier alpha value is -3.36. The van der Waals surface area contributed by atoms with Crippen molar-refractivity contribution in [2.45, 2.75) is 76.4 Å². The molecular weight excluding hydrogens is 540 g/mol. The van der Waals surface area contributed by atoms with E-state index in [0.29, 0.717) is 19.8 Å². The smallest absolute Gasteiger partial charge is 0.186 e. The number of aryl methyl sites for hydroxylation is 1. The summed E-state index contributed by atoms with van der Waals surface area (Å²) in [5.74, 6) is 0. The van der Waals surface area contributed by atoms with Crippen LogP contribution in [0.2, 0.25) is 0 Å². The average Bonchev–Trinajstić information content (AvgIpc) is 3.06. The summed E-state index contributed by atoms with van der Waals surface area (Å²) in [6.45, 7) is 3.37. The Morgan fingerprint density at radius 1 is 0.628 bits per heavy atom. The van der Waals surface area contributed by atoms with Crippen molar-refractivity contribution in [3.8, 4) is 0 Å². The number of benzene rings is 4. The summed E-state index contributed by atoms with van der Waals surface area (Å²) in [6.07, 6.45) is -2.27. The Bertz CT molecular complexity index is 1300. The zero-order valence-corrected chi connectivity index (χ0v) is 24.7. The molecule has 1 N–H and O–H groups in total. The van der Waals surface area contributed by atoms with Crippen LogP contribution in [0.5, 0.6) is 0 Å². The van der Waals surface area contributed by atoms with Crippen molar-refractivity contribution in [1.29, 1.82) is 0 Å². The molecule has 6 atom stereocenters. The lowest BCUT2D eigenvalue weighted by atomic mass is 9.98. The molecule has 43 heavy (non-hydrogen) atoms. The van der Waals surface area contributed by atoms with Crippen LogP contribution in [0.3, 0.4) is 0 Å². The fraction of sp³-hybridized carbons (Fsp3) is 0.351. The van der Waals surface area contributed by atoms with Crippen molar-refractivity contribution in [2.75, 3.05) is 6.61 Å². The third kappa shape index (κ3) is 9.57. The quantitative estimate of drug-likeness (QED) is 0.173. The van der Waals surface area contributed by atoms with Gasteiger partial charge in [-0.2, -0.15) is 0 Å². The standard InChI is InChI=1S/C37H42O6/c1-28(22-23-29-14-6-2-7-15-29)42-37-34(38)36(41-26-32-20-12-5-13-21-32)35(40-25-31-18-10-4-11-19-31)33(43-37)27-39-24-30-16-8-3-9-17-30/h2-21,28,33-38H,22-27H2,1H3/t28?,33-,34-,35-,36-,37+/m1/s1. The highest BCUT2D eigenvalue weighted by Crippen LogP contribution is 2.30. The van der Waals surface area contributed by atoms with E-state index in [0.717, 1.165) is 29.5 Å². The van der Waals surface area contributed by atoms with Crippen LogP contribution >= 0.6 is 0 Å². The third-order valence-electron chi connectivity index (χ3n) is 7.63. The van der Waals surface area contributed by atoms with Crippen LogP contribution in [0, 0.1) is 0 Å². The van der Waals surface area contributed by atoms with Gasteiger partial charge in [-0.05, 0) is 42.0 Å². The van der Waals surface area contributed by atoms with Gasteiger partial charge in [-0.1, -0.05) is 121 Å². The molecule has 1 aliphatic rings. The molecule has 226 valence electrons. The molecule has 6 nitrogen and oxygen atoms in total. The summed E-state index contributed by atoms with van der Waals surface area (Å²) in [5.41, 5.74) is 4.34. The summed E-state index contributed by atoms with van der Waals surface area (Å²) in [7, 11) is 0. The molecule has 1 heterocycles.